The second-order valence-electron chi connectivity index (χ2n) is 3.92. The summed E-state index contributed by atoms with van der Waals surface area (Å²) in [5.41, 5.74) is 6.38. The summed E-state index contributed by atoms with van der Waals surface area (Å²) < 4.78 is 7.31. The number of hydrogen-bond acceptors (Lipinski definition) is 3. The molecule has 14 heavy (non-hydrogen) atoms. The molecule has 0 spiro atoms. The molecule has 2 rings (SSSR count). The van der Waals surface area contributed by atoms with Crippen molar-refractivity contribution in [2.24, 2.45) is 0 Å². The monoisotopic (exact) mass is 195 g/mol. The zero-order chi connectivity index (χ0) is 9.97. The Labute approximate surface area is 84.0 Å². The molecule has 1 fully saturated rings. The lowest BCUT2D eigenvalue weighted by Gasteiger charge is -2.27. The molecule has 0 radical (unpaired) electrons. The van der Waals surface area contributed by atoms with Crippen LogP contribution in [0, 0.1) is 0 Å². The van der Waals surface area contributed by atoms with E-state index in [-0.39, 0.29) is 0 Å². The van der Waals surface area contributed by atoms with Crippen molar-refractivity contribution in [1.82, 2.24) is 9.78 Å². The lowest BCUT2D eigenvalue weighted by Crippen LogP contribution is -2.22. The van der Waals surface area contributed by atoms with Crippen LogP contribution in [0.3, 0.4) is 0 Å². The van der Waals surface area contributed by atoms with Gasteiger partial charge in [-0.2, -0.15) is 5.10 Å². The van der Waals surface area contributed by atoms with Gasteiger partial charge in [-0.25, -0.2) is 0 Å². The number of aromatic nitrogens is 2. The number of hydrogen-bond donors (Lipinski definition) is 1. The predicted octanol–water partition coefficient (Wildman–Crippen LogP) is 1.60. The number of nitrogen functional groups attached to an aromatic ring is 1. The first kappa shape index (κ1) is 9.52. The van der Waals surface area contributed by atoms with Crippen LogP contribution in [0.1, 0.15) is 31.7 Å². The van der Waals surface area contributed by atoms with Gasteiger partial charge >= 0.3 is 0 Å². The molecule has 0 bridgehead atoms. The quantitative estimate of drug-likeness (QED) is 0.779. The third-order valence-electron chi connectivity index (χ3n) is 2.97. The first-order chi connectivity index (χ1) is 6.79. The molecule has 78 valence electrons. The van der Waals surface area contributed by atoms with Crippen molar-refractivity contribution in [3.8, 4) is 0 Å². The van der Waals surface area contributed by atoms with E-state index in [0.717, 1.165) is 31.4 Å². The van der Waals surface area contributed by atoms with Gasteiger partial charge in [0, 0.05) is 13.3 Å². The van der Waals surface area contributed by atoms with Gasteiger partial charge in [0.2, 0.25) is 0 Å². The number of ether oxygens (including phenoxy) is 1. The lowest BCUT2D eigenvalue weighted by atomic mass is 9.93. The Hall–Kier alpha value is -1.03. The number of anilines is 1. The highest BCUT2D eigenvalue weighted by Gasteiger charge is 2.22. The minimum absolute atomic E-state index is 0.444. The Kier molecular flexibility index (Phi) is 2.72. The molecular weight excluding hydrogens is 178 g/mol. The average molecular weight is 195 g/mol. The number of rotatable bonds is 2. The molecule has 1 saturated carbocycles. The van der Waals surface area contributed by atoms with Gasteiger partial charge in [0.25, 0.3) is 0 Å². The van der Waals surface area contributed by atoms with E-state index in [9.17, 15) is 0 Å². The molecule has 0 atom stereocenters. The fraction of sp³-hybridized carbons (Fsp3) is 0.700. The summed E-state index contributed by atoms with van der Waals surface area (Å²) in [6, 6.07) is 0.513. The highest BCUT2D eigenvalue weighted by Crippen LogP contribution is 2.29. The van der Waals surface area contributed by atoms with Crippen LogP contribution in [0.25, 0.3) is 0 Å². The van der Waals surface area contributed by atoms with Crippen LogP contribution in [-0.4, -0.2) is 23.0 Å². The molecule has 0 saturated heterocycles. The van der Waals surface area contributed by atoms with Crippen LogP contribution in [0.5, 0.6) is 0 Å². The van der Waals surface area contributed by atoms with Crippen LogP contribution in [-0.2, 0) is 4.74 Å². The summed E-state index contributed by atoms with van der Waals surface area (Å²) in [7, 11) is 1.79. The number of methoxy groups -OCH3 is 1. The molecule has 0 amide bonds. The topological polar surface area (TPSA) is 53.1 Å². The minimum Gasteiger partial charge on any atom is -0.396 e. The molecule has 1 aromatic heterocycles. The Bertz CT molecular complexity index is 289. The van der Waals surface area contributed by atoms with E-state index >= 15 is 0 Å². The number of nitrogens with two attached hydrogens (primary N) is 1. The first-order valence-electron chi connectivity index (χ1n) is 5.12. The summed E-state index contributed by atoms with van der Waals surface area (Å²) in [4.78, 5) is 0. The summed E-state index contributed by atoms with van der Waals surface area (Å²) in [5.74, 6) is 0. The van der Waals surface area contributed by atoms with Gasteiger partial charge in [0.15, 0.2) is 0 Å². The van der Waals surface area contributed by atoms with Crippen molar-refractivity contribution in [3.63, 3.8) is 0 Å². The summed E-state index contributed by atoms with van der Waals surface area (Å²) >= 11 is 0. The summed E-state index contributed by atoms with van der Waals surface area (Å²) in [6.45, 7) is 0. The van der Waals surface area contributed by atoms with Crippen molar-refractivity contribution in [1.29, 1.82) is 0 Å². The molecule has 1 aromatic rings. The average Bonchev–Trinajstić information content (AvgIpc) is 2.65. The Balaban J connectivity index is 1.95. The first-order valence-corrected chi connectivity index (χ1v) is 5.12. The molecule has 1 aliphatic carbocycles. The van der Waals surface area contributed by atoms with Crippen LogP contribution in [0.15, 0.2) is 12.4 Å². The second kappa shape index (κ2) is 4.00. The lowest BCUT2D eigenvalue weighted by molar-refractivity contribution is 0.0568. The van der Waals surface area contributed by atoms with Crippen LogP contribution < -0.4 is 5.73 Å². The summed E-state index contributed by atoms with van der Waals surface area (Å²) in [6.07, 6.45) is 8.60. The second-order valence-corrected chi connectivity index (χ2v) is 3.92. The Morgan fingerprint density at radius 3 is 2.64 bits per heavy atom. The van der Waals surface area contributed by atoms with E-state index in [1.54, 1.807) is 13.3 Å². The highest BCUT2D eigenvalue weighted by molar-refractivity contribution is 5.30. The van der Waals surface area contributed by atoms with Gasteiger partial charge in [0.05, 0.1) is 24.0 Å². The molecule has 1 heterocycles. The maximum atomic E-state index is 5.63. The molecule has 0 aliphatic heterocycles. The van der Waals surface area contributed by atoms with Gasteiger partial charge < -0.3 is 10.5 Å². The van der Waals surface area contributed by atoms with Crippen molar-refractivity contribution in [3.05, 3.63) is 12.4 Å². The van der Waals surface area contributed by atoms with E-state index < -0.39 is 0 Å². The van der Waals surface area contributed by atoms with E-state index in [2.05, 4.69) is 5.10 Å². The van der Waals surface area contributed by atoms with Gasteiger partial charge in [-0.1, -0.05) is 0 Å². The van der Waals surface area contributed by atoms with E-state index in [1.807, 2.05) is 10.9 Å². The fourth-order valence-electron chi connectivity index (χ4n) is 2.10. The Morgan fingerprint density at radius 1 is 1.43 bits per heavy atom. The normalized spacial score (nSPS) is 27.8. The molecule has 2 N–H and O–H groups in total. The molecule has 4 nitrogen and oxygen atoms in total. The molecule has 1 aliphatic rings. The third kappa shape index (κ3) is 1.90. The van der Waals surface area contributed by atoms with Gasteiger partial charge in [-0.3, -0.25) is 4.68 Å². The fourth-order valence-corrected chi connectivity index (χ4v) is 2.10. The molecule has 0 aromatic carbocycles. The van der Waals surface area contributed by atoms with Gasteiger partial charge in [-0.15, -0.1) is 0 Å². The van der Waals surface area contributed by atoms with E-state index in [1.165, 1.54) is 0 Å². The van der Waals surface area contributed by atoms with Crippen molar-refractivity contribution < 1.29 is 4.74 Å². The number of nitrogens with zero attached hydrogens (tertiary/aromatic N) is 2. The molecular formula is C10H17N3O. The zero-order valence-corrected chi connectivity index (χ0v) is 8.52. The van der Waals surface area contributed by atoms with Crippen LogP contribution in [0.4, 0.5) is 5.69 Å². The smallest absolute Gasteiger partial charge is 0.0719 e. The van der Waals surface area contributed by atoms with Gasteiger partial charge in [-0.05, 0) is 25.7 Å². The zero-order valence-electron chi connectivity index (χ0n) is 8.52. The molecule has 4 heteroatoms. The maximum Gasteiger partial charge on any atom is 0.0719 e. The van der Waals surface area contributed by atoms with Crippen molar-refractivity contribution in [2.45, 2.75) is 37.8 Å². The van der Waals surface area contributed by atoms with Crippen molar-refractivity contribution >= 4 is 5.69 Å². The SMILES string of the molecule is COC1CCC(n2cc(N)cn2)CC1. The van der Waals surface area contributed by atoms with E-state index in [4.69, 9.17) is 10.5 Å². The van der Waals surface area contributed by atoms with Crippen LogP contribution in [0.2, 0.25) is 0 Å². The van der Waals surface area contributed by atoms with Crippen molar-refractivity contribution in [2.75, 3.05) is 12.8 Å². The maximum absolute atomic E-state index is 5.63. The standard InChI is InChI=1S/C10H17N3O/c1-14-10-4-2-9(3-5-10)13-7-8(11)6-12-13/h6-7,9-10H,2-5,11H2,1H3. The largest absolute Gasteiger partial charge is 0.396 e. The third-order valence-corrected chi connectivity index (χ3v) is 2.97. The highest BCUT2D eigenvalue weighted by atomic mass is 16.5. The summed E-state index contributed by atoms with van der Waals surface area (Å²) in [5, 5.41) is 4.24. The van der Waals surface area contributed by atoms with Crippen LogP contribution >= 0.6 is 0 Å². The van der Waals surface area contributed by atoms with Gasteiger partial charge in [0.1, 0.15) is 0 Å². The Morgan fingerprint density at radius 2 is 2.14 bits per heavy atom. The van der Waals surface area contributed by atoms with E-state index in [0.29, 0.717) is 12.1 Å². The minimum atomic E-state index is 0.444. The molecule has 0 unspecified atom stereocenters. The predicted molar refractivity (Wildman–Crippen MR) is 54.9 cm³/mol.